The second-order valence-electron chi connectivity index (χ2n) is 4.62. The molecule has 2 rings (SSSR count). The molecule has 1 saturated carbocycles. The van der Waals surface area contributed by atoms with Crippen molar-refractivity contribution >= 4 is 0 Å². The lowest BCUT2D eigenvalue weighted by atomic mass is 9.99. The van der Waals surface area contributed by atoms with Gasteiger partial charge >= 0.3 is 0 Å². The Hall–Kier alpha value is -0.940. The number of rotatable bonds is 3. The minimum absolute atomic E-state index is 0.364. The number of aromatic nitrogens is 2. The van der Waals surface area contributed by atoms with Crippen molar-refractivity contribution in [2.24, 2.45) is 5.73 Å². The minimum atomic E-state index is -0.364. The molecular weight excluding hydrogens is 192 g/mol. The fraction of sp³-hybridized carbons (Fsp3) is 0.800. The number of nitrogens with zero attached hydrogens (tertiary/aromatic N) is 3. The Kier molecular flexibility index (Phi) is 2.75. The van der Waals surface area contributed by atoms with Crippen LogP contribution in [0.5, 0.6) is 0 Å². The molecule has 84 valence electrons. The van der Waals surface area contributed by atoms with Crippen molar-refractivity contribution in [3.63, 3.8) is 0 Å². The van der Waals surface area contributed by atoms with Crippen LogP contribution in [-0.2, 0) is 12.1 Å². The predicted octanol–water partition coefficient (Wildman–Crippen LogP) is 0.859. The molecule has 5 nitrogen and oxygen atoms in total. The van der Waals surface area contributed by atoms with E-state index in [-0.39, 0.29) is 5.54 Å². The predicted molar refractivity (Wildman–Crippen MR) is 56.0 cm³/mol. The molecule has 0 atom stereocenters. The standard InChI is InChI=1S/C10H18N4O/c1-14(2)7-8-12-9(15-13-8)10(11)5-3-4-6-10/h3-7,11H2,1-2H3. The van der Waals surface area contributed by atoms with E-state index in [2.05, 4.69) is 10.1 Å². The van der Waals surface area contributed by atoms with Crippen LogP contribution in [0.2, 0.25) is 0 Å². The van der Waals surface area contributed by atoms with E-state index in [4.69, 9.17) is 10.3 Å². The molecule has 1 fully saturated rings. The maximum absolute atomic E-state index is 6.21. The zero-order valence-corrected chi connectivity index (χ0v) is 9.36. The van der Waals surface area contributed by atoms with Crippen molar-refractivity contribution in [3.8, 4) is 0 Å². The third-order valence-electron chi connectivity index (χ3n) is 2.85. The molecule has 0 radical (unpaired) electrons. The first-order chi connectivity index (χ1) is 7.10. The van der Waals surface area contributed by atoms with E-state index < -0.39 is 0 Å². The molecule has 2 N–H and O–H groups in total. The summed E-state index contributed by atoms with van der Waals surface area (Å²) in [6.07, 6.45) is 4.22. The van der Waals surface area contributed by atoms with Gasteiger partial charge in [0.1, 0.15) is 0 Å². The molecule has 1 aliphatic rings. The van der Waals surface area contributed by atoms with Crippen LogP contribution in [-0.4, -0.2) is 29.1 Å². The first-order valence-corrected chi connectivity index (χ1v) is 5.37. The van der Waals surface area contributed by atoms with Crippen molar-refractivity contribution in [1.29, 1.82) is 0 Å². The van der Waals surface area contributed by atoms with Crippen LogP contribution in [0.15, 0.2) is 4.52 Å². The van der Waals surface area contributed by atoms with Crippen molar-refractivity contribution in [1.82, 2.24) is 15.0 Å². The van der Waals surface area contributed by atoms with E-state index in [0.29, 0.717) is 18.3 Å². The second-order valence-corrected chi connectivity index (χ2v) is 4.62. The normalized spacial score (nSPS) is 20.0. The second kappa shape index (κ2) is 3.90. The van der Waals surface area contributed by atoms with Crippen molar-refractivity contribution in [3.05, 3.63) is 11.7 Å². The zero-order valence-electron chi connectivity index (χ0n) is 9.36. The third kappa shape index (κ3) is 2.18. The number of nitrogens with two attached hydrogens (primary N) is 1. The number of hydrogen-bond donors (Lipinski definition) is 1. The summed E-state index contributed by atoms with van der Waals surface area (Å²) in [6.45, 7) is 0.694. The van der Waals surface area contributed by atoms with Gasteiger partial charge in [0.25, 0.3) is 0 Å². The molecule has 0 bridgehead atoms. The maximum atomic E-state index is 6.21. The van der Waals surface area contributed by atoms with Gasteiger partial charge in [0, 0.05) is 0 Å². The van der Waals surface area contributed by atoms with Crippen molar-refractivity contribution in [2.45, 2.75) is 37.8 Å². The molecule has 1 aliphatic carbocycles. The first-order valence-electron chi connectivity index (χ1n) is 5.37. The van der Waals surface area contributed by atoms with Gasteiger partial charge in [-0.1, -0.05) is 18.0 Å². The molecule has 0 amide bonds. The minimum Gasteiger partial charge on any atom is -0.337 e. The van der Waals surface area contributed by atoms with Gasteiger partial charge in [0.2, 0.25) is 5.89 Å². The van der Waals surface area contributed by atoms with Crippen LogP contribution in [0.4, 0.5) is 0 Å². The summed E-state index contributed by atoms with van der Waals surface area (Å²) in [5.74, 6) is 1.32. The zero-order chi connectivity index (χ0) is 10.9. The van der Waals surface area contributed by atoms with E-state index in [9.17, 15) is 0 Å². The van der Waals surface area contributed by atoms with Crippen LogP contribution >= 0.6 is 0 Å². The molecule has 0 unspecified atom stereocenters. The van der Waals surface area contributed by atoms with E-state index in [1.165, 1.54) is 0 Å². The molecule has 1 aromatic rings. The molecule has 0 spiro atoms. The topological polar surface area (TPSA) is 68.2 Å². The Labute approximate surface area is 89.6 Å². The fourth-order valence-electron chi connectivity index (χ4n) is 2.02. The summed E-state index contributed by atoms with van der Waals surface area (Å²) in [5, 5.41) is 3.94. The summed E-state index contributed by atoms with van der Waals surface area (Å²) >= 11 is 0. The number of hydrogen-bond acceptors (Lipinski definition) is 5. The highest BCUT2D eigenvalue weighted by Gasteiger charge is 2.36. The summed E-state index contributed by atoms with van der Waals surface area (Å²) in [4.78, 5) is 6.37. The van der Waals surface area contributed by atoms with Crippen LogP contribution in [0.1, 0.15) is 37.4 Å². The fourth-order valence-corrected chi connectivity index (χ4v) is 2.02. The Bertz CT molecular complexity index is 328. The Morgan fingerprint density at radius 1 is 1.40 bits per heavy atom. The van der Waals surface area contributed by atoms with Gasteiger partial charge in [-0.15, -0.1) is 0 Å². The monoisotopic (exact) mass is 210 g/mol. The lowest BCUT2D eigenvalue weighted by molar-refractivity contribution is 0.281. The molecule has 0 aliphatic heterocycles. The van der Waals surface area contributed by atoms with E-state index in [1.54, 1.807) is 0 Å². The van der Waals surface area contributed by atoms with Crippen LogP contribution in [0.25, 0.3) is 0 Å². The lowest BCUT2D eigenvalue weighted by Gasteiger charge is -2.17. The quantitative estimate of drug-likeness (QED) is 0.801. The molecule has 5 heteroatoms. The average molecular weight is 210 g/mol. The highest BCUT2D eigenvalue weighted by Crippen LogP contribution is 2.35. The Morgan fingerprint density at radius 3 is 2.67 bits per heavy atom. The van der Waals surface area contributed by atoms with Gasteiger partial charge in [-0.25, -0.2) is 0 Å². The lowest BCUT2D eigenvalue weighted by Crippen LogP contribution is -2.33. The summed E-state index contributed by atoms with van der Waals surface area (Å²) in [5.41, 5.74) is 5.85. The van der Waals surface area contributed by atoms with E-state index >= 15 is 0 Å². The van der Waals surface area contributed by atoms with Gasteiger partial charge in [0.05, 0.1) is 12.1 Å². The van der Waals surface area contributed by atoms with Crippen LogP contribution < -0.4 is 5.73 Å². The molecule has 15 heavy (non-hydrogen) atoms. The van der Waals surface area contributed by atoms with E-state index in [0.717, 1.165) is 25.7 Å². The molecule has 1 heterocycles. The molecule has 0 saturated heterocycles. The van der Waals surface area contributed by atoms with Crippen molar-refractivity contribution < 1.29 is 4.52 Å². The third-order valence-corrected chi connectivity index (χ3v) is 2.85. The van der Waals surface area contributed by atoms with Crippen LogP contribution in [0.3, 0.4) is 0 Å². The smallest absolute Gasteiger partial charge is 0.246 e. The van der Waals surface area contributed by atoms with Crippen LogP contribution in [0, 0.1) is 0 Å². The molecule has 1 aromatic heterocycles. The summed E-state index contributed by atoms with van der Waals surface area (Å²) < 4.78 is 5.24. The molecular formula is C10H18N4O. The largest absolute Gasteiger partial charge is 0.337 e. The SMILES string of the molecule is CN(C)Cc1noc(C2(N)CCCC2)n1. The summed E-state index contributed by atoms with van der Waals surface area (Å²) in [6, 6.07) is 0. The van der Waals surface area contributed by atoms with Gasteiger partial charge in [-0.2, -0.15) is 4.98 Å². The van der Waals surface area contributed by atoms with Gasteiger partial charge in [-0.05, 0) is 26.9 Å². The molecule has 0 aromatic carbocycles. The Morgan fingerprint density at radius 2 is 2.07 bits per heavy atom. The van der Waals surface area contributed by atoms with Gasteiger partial charge in [-0.3, -0.25) is 0 Å². The Balaban J connectivity index is 2.12. The highest BCUT2D eigenvalue weighted by molar-refractivity contribution is 5.04. The van der Waals surface area contributed by atoms with E-state index in [1.807, 2.05) is 19.0 Å². The maximum Gasteiger partial charge on any atom is 0.246 e. The van der Waals surface area contributed by atoms with Gasteiger partial charge < -0.3 is 15.2 Å². The first kappa shape index (κ1) is 10.6. The van der Waals surface area contributed by atoms with Crippen molar-refractivity contribution in [2.75, 3.05) is 14.1 Å². The highest BCUT2D eigenvalue weighted by atomic mass is 16.5. The van der Waals surface area contributed by atoms with Gasteiger partial charge in [0.15, 0.2) is 5.82 Å². The summed E-state index contributed by atoms with van der Waals surface area (Å²) in [7, 11) is 3.95. The average Bonchev–Trinajstić information content (AvgIpc) is 2.74.